The second-order valence-corrected chi connectivity index (χ2v) is 30.6. The van der Waals surface area contributed by atoms with Crippen LogP contribution >= 0.6 is 15.6 Å². The van der Waals surface area contributed by atoms with Gasteiger partial charge in [-0.1, -0.05) is 316 Å². The lowest BCUT2D eigenvalue weighted by Gasteiger charge is -2.21. The molecule has 0 amide bonds. The zero-order chi connectivity index (χ0) is 70.0. The molecule has 0 aliphatic rings. The first-order valence-electron chi connectivity index (χ1n) is 38.8. The van der Waals surface area contributed by atoms with Crippen LogP contribution < -0.4 is 0 Å². The molecule has 0 aromatic heterocycles. The van der Waals surface area contributed by atoms with Crippen LogP contribution in [0.15, 0.2) is 24.3 Å². The predicted molar refractivity (Wildman–Crippen MR) is 386 cm³/mol. The van der Waals surface area contributed by atoms with Crippen molar-refractivity contribution < 1.29 is 80.2 Å². The first kappa shape index (κ1) is 92.5. The third-order valence-electron chi connectivity index (χ3n) is 17.1. The molecule has 0 saturated carbocycles. The molecule has 3 N–H and O–H groups in total. The van der Waals surface area contributed by atoms with Gasteiger partial charge in [0.15, 0.2) is 12.2 Å². The van der Waals surface area contributed by atoms with E-state index in [-0.39, 0.29) is 25.7 Å². The number of hydrogen-bond acceptors (Lipinski definition) is 15. The third-order valence-corrected chi connectivity index (χ3v) is 19.0. The molecule has 0 heterocycles. The second-order valence-electron chi connectivity index (χ2n) is 27.7. The number of ether oxygens (including phenoxy) is 4. The number of carbonyl (C=O) groups excluding carboxylic acids is 4. The Morgan fingerprint density at radius 2 is 0.568 bits per heavy atom. The molecule has 0 rings (SSSR count). The first-order chi connectivity index (χ1) is 45.9. The van der Waals surface area contributed by atoms with E-state index in [1.807, 2.05) is 0 Å². The molecular weight excluding hydrogens is 1250 g/mol. The topological polar surface area (TPSA) is 237 Å². The Kier molecular flexibility index (Phi) is 65.6. The Labute approximate surface area is 580 Å². The summed E-state index contributed by atoms with van der Waals surface area (Å²) in [5, 5.41) is 10.6. The zero-order valence-corrected chi connectivity index (χ0v) is 63.2. The van der Waals surface area contributed by atoms with Crippen molar-refractivity contribution >= 4 is 39.5 Å². The zero-order valence-electron chi connectivity index (χ0n) is 61.5. The van der Waals surface area contributed by atoms with Crippen molar-refractivity contribution in [2.24, 2.45) is 11.8 Å². The van der Waals surface area contributed by atoms with Gasteiger partial charge in [-0.05, 0) is 63.2 Å². The van der Waals surface area contributed by atoms with Gasteiger partial charge in [-0.15, -0.1) is 0 Å². The molecule has 0 aliphatic carbocycles. The number of allylic oxidation sites excluding steroid dienone is 4. The number of phosphoric ester groups is 2. The van der Waals surface area contributed by atoms with E-state index in [0.717, 1.165) is 121 Å². The lowest BCUT2D eigenvalue weighted by molar-refractivity contribution is -0.161. The highest BCUT2D eigenvalue weighted by molar-refractivity contribution is 7.47. The summed E-state index contributed by atoms with van der Waals surface area (Å²) in [6.45, 7) is 9.54. The molecule has 0 aromatic rings. The average molecular weight is 1390 g/mol. The monoisotopic (exact) mass is 1390 g/mol. The smallest absolute Gasteiger partial charge is 0.462 e. The van der Waals surface area contributed by atoms with Crippen LogP contribution in [-0.2, 0) is 65.4 Å². The molecule has 2 unspecified atom stereocenters. The Balaban J connectivity index is 5.25. The molecule has 560 valence electrons. The lowest BCUT2D eigenvalue weighted by Crippen LogP contribution is -2.30. The maximum atomic E-state index is 13.1. The van der Waals surface area contributed by atoms with E-state index in [4.69, 9.17) is 37.0 Å². The molecule has 0 spiro atoms. The molecular formula is C76H144O17P2. The molecule has 0 aliphatic heterocycles. The van der Waals surface area contributed by atoms with Gasteiger partial charge in [-0.3, -0.25) is 37.3 Å². The van der Waals surface area contributed by atoms with Gasteiger partial charge in [0.05, 0.1) is 26.4 Å². The number of hydrogen-bond donors (Lipinski definition) is 3. The normalized spacial score (nSPS) is 14.2. The van der Waals surface area contributed by atoms with Crippen LogP contribution in [0, 0.1) is 11.8 Å². The van der Waals surface area contributed by atoms with Gasteiger partial charge in [0.2, 0.25) is 0 Å². The quantitative estimate of drug-likeness (QED) is 0.0169. The molecule has 95 heavy (non-hydrogen) atoms. The van der Waals surface area contributed by atoms with Gasteiger partial charge in [0.1, 0.15) is 19.3 Å². The summed E-state index contributed by atoms with van der Waals surface area (Å²) in [6.07, 6.45) is 57.7. The number of aliphatic hydroxyl groups excluding tert-OH is 1. The highest BCUT2D eigenvalue weighted by atomic mass is 31.2. The number of phosphoric acid groups is 2. The molecule has 0 bridgehead atoms. The second kappa shape index (κ2) is 67.4. The number of carbonyl (C=O) groups is 4. The number of rotatable bonds is 73. The van der Waals surface area contributed by atoms with Crippen molar-refractivity contribution in [1.29, 1.82) is 0 Å². The Morgan fingerprint density at radius 3 is 0.863 bits per heavy atom. The number of unbranched alkanes of at least 4 members (excludes halogenated alkanes) is 40. The minimum atomic E-state index is -4.96. The van der Waals surface area contributed by atoms with Crippen molar-refractivity contribution in [2.45, 2.75) is 387 Å². The molecule has 19 heteroatoms. The minimum absolute atomic E-state index is 0.0848. The summed E-state index contributed by atoms with van der Waals surface area (Å²) in [5.41, 5.74) is 0. The predicted octanol–water partition coefficient (Wildman–Crippen LogP) is 21.9. The highest BCUT2D eigenvalue weighted by Crippen LogP contribution is 2.45. The number of aliphatic hydroxyl groups is 1. The van der Waals surface area contributed by atoms with E-state index in [1.54, 1.807) is 0 Å². The van der Waals surface area contributed by atoms with Crippen LogP contribution in [-0.4, -0.2) is 96.7 Å². The lowest BCUT2D eigenvalue weighted by atomic mass is 10.0. The largest absolute Gasteiger partial charge is 0.472 e. The van der Waals surface area contributed by atoms with E-state index in [9.17, 15) is 43.2 Å². The minimum Gasteiger partial charge on any atom is -0.462 e. The Hall–Kier alpha value is -2.46. The van der Waals surface area contributed by atoms with Crippen LogP contribution in [0.3, 0.4) is 0 Å². The van der Waals surface area contributed by atoms with Gasteiger partial charge in [-0.25, -0.2) is 9.13 Å². The molecule has 0 saturated heterocycles. The van der Waals surface area contributed by atoms with Gasteiger partial charge in [0, 0.05) is 25.7 Å². The standard InChI is InChI=1S/C76H144O17P2/c1-7-9-11-13-15-17-18-19-20-25-31-36-42-48-54-60-75(80)92-71(64-86-73(78)58-52-46-40-16-14-12-10-8-2)66-90-94(82,83)88-62-70(77)63-89-95(84,85)91-67-72(93-76(81)61-55-49-43-37-32-27-22-24-29-34-39-45-51-57-69(5)6)65-87-74(79)59-53-47-41-35-30-26-21-23-28-33-38-44-50-56-68(3)4/h17-20,68-72,77H,7-16,21-67H2,1-6H3,(H,82,83)(H,84,85)/b18-17-,20-19-/t70-,71+,72+/m0/s1. The fourth-order valence-corrected chi connectivity index (χ4v) is 12.7. The van der Waals surface area contributed by atoms with Gasteiger partial charge in [-0.2, -0.15) is 0 Å². The number of esters is 4. The summed E-state index contributed by atoms with van der Waals surface area (Å²) < 4.78 is 68.4. The van der Waals surface area contributed by atoms with Gasteiger partial charge in [0.25, 0.3) is 0 Å². The Bertz CT molecular complexity index is 1930. The van der Waals surface area contributed by atoms with Crippen molar-refractivity contribution in [3.05, 3.63) is 24.3 Å². The van der Waals surface area contributed by atoms with Crippen LogP contribution in [0.4, 0.5) is 0 Å². The van der Waals surface area contributed by atoms with Gasteiger partial charge < -0.3 is 33.8 Å². The summed E-state index contributed by atoms with van der Waals surface area (Å²) in [6, 6.07) is 0. The summed E-state index contributed by atoms with van der Waals surface area (Å²) in [5.74, 6) is -0.573. The van der Waals surface area contributed by atoms with Crippen molar-refractivity contribution in [3.63, 3.8) is 0 Å². The fraction of sp³-hybridized carbons (Fsp3) is 0.895. The van der Waals surface area contributed by atoms with E-state index in [2.05, 4.69) is 65.8 Å². The molecule has 0 radical (unpaired) electrons. The fourth-order valence-electron chi connectivity index (χ4n) is 11.1. The molecule has 0 aromatic carbocycles. The summed E-state index contributed by atoms with van der Waals surface area (Å²) >= 11 is 0. The van der Waals surface area contributed by atoms with Crippen LogP contribution in [0.2, 0.25) is 0 Å². The molecule has 17 nitrogen and oxygen atoms in total. The average Bonchev–Trinajstić information content (AvgIpc) is 1.33. The Morgan fingerprint density at radius 1 is 0.326 bits per heavy atom. The van der Waals surface area contributed by atoms with Crippen molar-refractivity contribution in [2.75, 3.05) is 39.6 Å². The van der Waals surface area contributed by atoms with E-state index in [0.29, 0.717) is 25.7 Å². The third kappa shape index (κ3) is 69.8. The maximum Gasteiger partial charge on any atom is 0.472 e. The summed E-state index contributed by atoms with van der Waals surface area (Å²) in [7, 11) is -9.92. The van der Waals surface area contributed by atoms with E-state index in [1.165, 1.54) is 167 Å². The van der Waals surface area contributed by atoms with Crippen LogP contribution in [0.5, 0.6) is 0 Å². The van der Waals surface area contributed by atoms with Gasteiger partial charge >= 0.3 is 39.5 Å². The van der Waals surface area contributed by atoms with E-state index < -0.39 is 97.5 Å². The van der Waals surface area contributed by atoms with Crippen molar-refractivity contribution in [3.8, 4) is 0 Å². The maximum absolute atomic E-state index is 13.1. The summed E-state index contributed by atoms with van der Waals surface area (Å²) in [4.78, 5) is 72.7. The van der Waals surface area contributed by atoms with Crippen LogP contribution in [0.1, 0.15) is 369 Å². The molecule has 5 atom stereocenters. The van der Waals surface area contributed by atoms with Crippen LogP contribution in [0.25, 0.3) is 0 Å². The first-order valence-corrected chi connectivity index (χ1v) is 41.8. The SMILES string of the molecule is CCCCCC/C=C\C=C/CCCCCCCC(=O)O[C@H](COC(=O)CCCCCCCCCC)COP(=O)(O)OC[C@H](O)COP(=O)(O)OC[C@@H](COC(=O)CCCCCCCCCCCCCCCC(C)C)OC(=O)CCCCCCCCCCCCCCCC(C)C. The molecule has 0 fully saturated rings. The highest BCUT2D eigenvalue weighted by Gasteiger charge is 2.30. The van der Waals surface area contributed by atoms with Crippen molar-refractivity contribution in [1.82, 2.24) is 0 Å². The van der Waals surface area contributed by atoms with E-state index >= 15 is 0 Å².